The summed E-state index contributed by atoms with van der Waals surface area (Å²) in [5.41, 5.74) is 5.23. The SMILES string of the molecule is CN=C(NCCc1ccc2c(c1)CCO2)NCc1ccc(CN(C)C)cc1.I. The Morgan fingerprint density at radius 2 is 1.75 bits per heavy atom. The Morgan fingerprint density at radius 3 is 2.46 bits per heavy atom. The molecule has 0 aliphatic carbocycles. The summed E-state index contributed by atoms with van der Waals surface area (Å²) in [5.74, 6) is 1.87. The van der Waals surface area contributed by atoms with Crippen molar-refractivity contribution < 1.29 is 4.74 Å². The number of nitrogens with one attached hydrogen (secondary N) is 2. The fourth-order valence-corrected chi connectivity index (χ4v) is 3.25. The predicted octanol–water partition coefficient (Wildman–Crippen LogP) is 3.21. The molecule has 0 saturated heterocycles. The number of guanidine groups is 1. The third kappa shape index (κ3) is 6.67. The van der Waals surface area contributed by atoms with Crippen LogP contribution in [0.2, 0.25) is 0 Å². The van der Waals surface area contributed by atoms with Gasteiger partial charge in [-0.15, -0.1) is 24.0 Å². The molecule has 28 heavy (non-hydrogen) atoms. The Balaban J connectivity index is 0.00000280. The van der Waals surface area contributed by atoms with Gasteiger partial charge in [0.1, 0.15) is 5.75 Å². The molecular formula is C22H31IN4O. The van der Waals surface area contributed by atoms with Gasteiger partial charge in [0, 0.05) is 33.1 Å². The van der Waals surface area contributed by atoms with E-state index in [0.717, 1.165) is 50.8 Å². The smallest absolute Gasteiger partial charge is 0.191 e. The molecule has 2 aromatic carbocycles. The first kappa shape index (κ1) is 22.5. The molecule has 0 saturated carbocycles. The highest BCUT2D eigenvalue weighted by atomic mass is 127. The molecule has 0 amide bonds. The molecular weight excluding hydrogens is 463 g/mol. The molecule has 1 heterocycles. The Labute approximate surface area is 185 Å². The molecule has 0 radical (unpaired) electrons. The van der Waals surface area contributed by atoms with Crippen molar-refractivity contribution in [3.63, 3.8) is 0 Å². The summed E-state index contributed by atoms with van der Waals surface area (Å²) in [6.07, 6.45) is 1.99. The number of fused-ring (bicyclic) bond motifs is 1. The highest BCUT2D eigenvalue weighted by molar-refractivity contribution is 14.0. The number of halogens is 1. The second-order valence-electron chi connectivity index (χ2n) is 7.20. The first-order valence-electron chi connectivity index (χ1n) is 9.55. The minimum absolute atomic E-state index is 0. The van der Waals surface area contributed by atoms with Crippen molar-refractivity contribution >= 4 is 29.9 Å². The minimum Gasteiger partial charge on any atom is -0.493 e. The van der Waals surface area contributed by atoms with E-state index in [0.29, 0.717) is 0 Å². The van der Waals surface area contributed by atoms with Crippen molar-refractivity contribution in [3.05, 3.63) is 64.7 Å². The summed E-state index contributed by atoms with van der Waals surface area (Å²) in [7, 11) is 5.98. The minimum atomic E-state index is 0. The van der Waals surface area contributed by atoms with Gasteiger partial charge in [0.15, 0.2) is 5.96 Å². The van der Waals surface area contributed by atoms with Crippen LogP contribution in [0.1, 0.15) is 22.3 Å². The number of hydrogen-bond acceptors (Lipinski definition) is 3. The highest BCUT2D eigenvalue weighted by Gasteiger charge is 2.11. The molecule has 6 heteroatoms. The van der Waals surface area contributed by atoms with Gasteiger partial charge in [0.2, 0.25) is 0 Å². The Hall–Kier alpha value is -1.80. The Bertz CT molecular complexity index is 775. The van der Waals surface area contributed by atoms with E-state index in [-0.39, 0.29) is 24.0 Å². The molecule has 152 valence electrons. The third-order valence-electron chi connectivity index (χ3n) is 4.67. The molecule has 0 aromatic heterocycles. The highest BCUT2D eigenvalue weighted by Crippen LogP contribution is 2.25. The standard InChI is InChI=1S/C22H30N4O.HI/c1-23-22(25-15-18-4-6-19(7-5-18)16-26(2)3)24-12-10-17-8-9-21-20(14-17)11-13-27-21;/h4-9,14H,10-13,15-16H2,1-3H3,(H2,23,24,25);1H. The van der Waals surface area contributed by atoms with Crippen LogP contribution in [0.3, 0.4) is 0 Å². The summed E-state index contributed by atoms with van der Waals surface area (Å²) in [4.78, 5) is 6.49. The molecule has 2 aromatic rings. The largest absolute Gasteiger partial charge is 0.493 e. The summed E-state index contributed by atoms with van der Waals surface area (Å²) < 4.78 is 5.57. The topological polar surface area (TPSA) is 48.9 Å². The van der Waals surface area contributed by atoms with Crippen molar-refractivity contribution in [1.29, 1.82) is 0 Å². The van der Waals surface area contributed by atoms with Gasteiger partial charge in [-0.2, -0.15) is 0 Å². The van der Waals surface area contributed by atoms with E-state index < -0.39 is 0 Å². The number of hydrogen-bond donors (Lipinski definition) is 2. The molecule has 1 aliphatic rings. The zero-order chi connectivity index (χ0) is 19.1. The zero-order valence-corrected chi connectivity index (χ0v) is 19.3. The van der Waals surface area contributed by atoms with E-state index in [1.807, 2.05) is 7.05 Å². The van der Waals surface area contributed by atoms with Crippen LogP contribution in [0.25, 0.3) is 0 Å². The number of benzene rings is 2. The van der Waals surface area contributed by atoms with Gasteiger partial charge in [-0.3, -0.25) is 4.99 Å². The Kier molecular flexibility index (Phi) is 9.05. The van der Waals surface area contributed by atoms with Crippen LogP contribution in [0.15, 0.2) is 47.5 Å². The van der Waals surface area contributed by atoms with E-state index in [4.69, 9.17) is 4.74 Å². The number of ether oxygens (including phenoxy) is 1. The average Bonchev–Trinajstić information content (AvgIpc) is 3.13. The zero-order valence-electron chi connectivity index (χ0n) is 17.0. The molecule has 2 N–H and O–H groups in total. The lowest BCUT2D eigenvalue weighted by atomic mass is 10.1. The summed E-state index contributed by atoms with van der Waals surface area (Å²) in [6.45, 7) is 3.38. The van der Waals surface area contributed by atoms with Gasteiger partial charge >= 0.3 is 0 Å². The van der Waals surface area contributed by atoms with Gasteiger partial charge in [0.05, 0.1) is 6.61 Å². The maximum Gasteiger partial charge on any atom is 0.191 e. The van der Waals surface area contributed by atoms with E-state index in [1.54, 1.807) is 0 Å². The van der Waals surface area contributed by atoms with Crippen LogP contribution in [0.5, 0.6) is 5.75 Å². The van der Waals surface area contributed by atoms with Crippen molar-refractivity contribution in [2.24, 2.45) is 4.99 Å². The van der Waals surface area contributed by atoms with E-state index in [9.17, 15) is 0 Å². The van der Waals surface area contributed by atoms with E-state index in [2.05, 4.69) is 77.1 Å². The van der Waals surface area contributed by atoms with Gasteiger partial charge in [-0.25, -0.2) is 0 Å². The van der Waals surface area contributed by atoms with Gasteiger partial charge in [-0.05, 0) is 48.8 Å². The first-order chi connectivity index (χ1) is 13.1. The van der Waals surface area contributed by atoms with Gasteiger partial charge < -0.3 is 20.3 Å². The van der Waals surface area contributed by atoms with Crippen LogP contribution >= 0.6 is 24.0 Å². The van der Waals surface area contributed by atoms with Crippen LogP contribution in [0, 0.1) is 0 Å². The lowest BCUT2D eigenvalue weighted by Crippen LogP contribution is -2.37. The van der Waals surface area contributed by atoms with Crippen LogP contribution in [-0.4, -0.2) is 45.2 Å². The van der Waals surface area contributed by atoms with Crippen molar-refractivity contribution in [2.75, 3.05) is 34.3 Å². The lowest BCUT2D eigenvalue weighted by molar-refractivity contribution is 0.357. The third-order valence-corrected chi connectivity index (χ3v) is 4.67. The molecule has 0 atom stereocenters. The first-order valence-corrected chi connectivity index (χ1v) is 9.55. The molecule has 0 spiro atoms. The maximum absolute atomic E-state index is 5.57. The predicted molar refractivity (Wildman–Crippen MR) is 127 cm³/mol. The van der Waals surface area contributed by atoms with Crippen LogP contribution in [-0.2, 0) is 25.9 Å². The fourth-order valence-electron chi connectivity index (χ4n) is 3.25. The second-order valence-corrected chi connectivity index (χ2v) is 7.20. The van der Waals surface area contributed by atoms with Crippen molar-refractivity contribution in [3.8, 4) is 5.75 Å². The maximum atomic E-state index is 5.57. The normalized spacial score (nSPS) is 12.9. The monoisotopic (exact) mass is 494 g/mol. The van der Waals surface area contributed by atoms with Gasteiger partial charge in [-0.1, -0.05) is 36.4 Å². The van der Waals surface area contributed by atoms with Gasteiger partial charge in [0.25, 0.3) is 0 Å². The number of rotatable bonds is 7. The molecule has 0 unspecified atom stereocenters. The fraction of sp³-hybridized carbons (Fsp3) is 0.409. The molecule has 0 bridgehead atoms. The van der Waals surface area contributed by atoms with Crippen LogP contribution in [0.4, 0.5) is 0 Å². The summed E-state index contributed by atoms with van der Waals surface area (Å²) >= 11 is 0. The molecule has 5 nitrogen and oxygen atoms in total. The molecule has 0 fully saturated rings. The Morgan fingerprint density at radius 1 is 1.04 bits per heavy atom. The van der Waals surface area contributed by atoms with E-state index >= 15 is 0 Å². The van der Waals surface area contributed by atoms with Crippen molar-refractivity contribution in [1.82, 2.24) is 15.5 Å². The molecule has 1 aliphatic heterocycles. The number of nitrogens with zero attached hydrogens (tertiary/aromatic N) is 2. The number of aliphatic imine (C=N–C) groups is 1. The molecule has 3 rings (SSSR count). The lowest BCUT2D eigenvalue weighted by Gasteiger charge is -2.13. The summed E-state index contributed by atoms with van der Waals surface area (Å²) in [6, 6.07) is 15.2. The van der Waals surface area contributed by atoms with E-state index in [1.165, 1.54) is 22.3 Å². The average molecular weight is 494 g/mol. The van der Waals surface area contributed by atoms with Crippen LogP contribution < -0.4 is 15.4 Å². The summed E-state index contributed by atoms with van der Waals surface area (Å²) in [5, 5.41) is 6.78. The second kappa shape index (κ2) is 11.3. The quantitative estimate of drug-likeness (QED) is 0.353. The van der Waals surface area contributed by atoms with Crippen molar-refractivity contribution in [2.45, 2.75) is 25.9 Å².